The van der Waals surface area contributed by atoms with Gasteiger partial charge in [0.15, 0.2) is 0 Å². The molecular weight excluding hydrogens is 353 g/mol. The summed E-state index contributed by atoms with van der Waals surface area (Å²) in [6.45, 7) is 7.05. The summed E-state index contributed by atoms with van der Waals surface area (Å²) in [5.74, 6) is -0.243. The molecule has 0 bridgehead atoms. The Morgan fingerprint density at radius 2 is 1.71 bits per heavy atom. The Balaban J connectivity index is 1.37. The molecule has 0 spiro atoms. The molecule has 0 N–H and O–H groups in total. The lowest BCUT2D eigenvalue weighted by molar-refractivity contribution is -0.0521. The Morgan fingerprint density at radius 3 is 2.43 bits per heavy atom. The predicted octanol–water partition coefficient (Wildman–Crippen LogP) is 3.52. The number of rotatable bonds is 6. The van der Waals surface area contributed by atoms with E-state index >= 15 is 0 Å². The van der Waals surface area contributed by atoms with Crippen LogP contribution in [0, 0.1) is 5.82 Å². The van der Waals surface area contributed by atoms with Crippen molar-refractivity contribution in [3.05, 3.63) is 65.7 Å². The molecule has 0 atom stereocenters. The maximum Gasteiger partial charge on any atom is 0.141 e. The van der Waals surface area contributed by atoms with Crippen molar-refractivity contribution in [2.24, 2.45) is 0 Å². The van der Waals surface area contributed by atoms with Gasteiger partial charge in [-0.1, -0.05) is 30.3 Å². The van der Waals surface area contributed by atoms with Crippen LogP contribution >= 0.6 is 0 Å². The van der Waals surface area contributed by atoms with Gasteiger partial charge in [-0.05, 0) is 42.9 Å². The number of halogens is 1. The smallest absolute Gasteiger partial charge is 0.141 e. The second-order valence-electron chi connectivity index (χ2n) is 8.10. The van der Waals surface area contributed by atoms with E-state index in [2.05, 4.69) is 45.1 Å². The highest BCUT2D eigenvalue weighted by atomic mass is 19.1. The molecule has 2 aliphatic rings. The summed E-state index contributed by atoms with van der Waals surface area (Å²) >= 11 is 0. The number of aromatic nitrogens is 1. The minimum atomic E-state index is -0.243. The van der Waals surface area contributed by atoms with Crippen molar-refractivity contribution in [3.63, 3.8) is 0 Å². The zero-order valence-electron chi connectivity index (χ0n) is 16.5. The molecule has 2 aliphatic heterocycles. The first-order valence-electron chi connectivity index (χ1n) is 10.4. The molecule has 1 aromatic carbocycles. The highest BCUT2D eigenvalue weighted by Crippen LogP contribution is 2.33. The van der Waals surface area contributed by atoms with Crippen LogP contribution in [-0.4, -0.2) is 59.7 Å². The maximum atomic E-state index is 13.5. The van der Waals surface area contributed by atoms with Crippen molar-refractivity contribution in [3.8, 4) is 0 Å². The molecule has 3 heterocycles. The zero-order chi connectivity index (χ0) is 19.2. The standard InChI is InChI=1S/C23H30FN3O/c24-22-16-21(17-25-18-22)6-7-23(8-14-28-15-9-23)27-12-10-26(11-13-27)19-20-4-2-1-3-5-20/h1-5,16-18H,6-15,19H2. The largest absolute Gasteiger partial charge is 0.381 e. The van der Waals surface area contributed by atoms with Crippen LogP contribution in [0.5, 0.6) is 0 Å². The molecule has 28 heavy (non-hydrogen) atoms. The molecule has 4 nitrogen and oxygen atoms in total. The van der Waals surface area contributed by atoms with Gasteiger partial charge in [-0.3, -0.25) is 14.8 Å². The van der Waals surface area contributed by atoms with E-state index in [4.69, 9.17) is 4.74 Å². The molecule has 5 heteroatoms. The molecule has 2 fully saturated rings. The van der Waals surface area contributed by atoms with Gasteiger partial charge in [-0.25, -0.2) is 4.39 Å². The first-order valence-corrected chi connectivity index (χ1v) is 10.4. The normalized spacial score (nSPS) is 20.9. The molecule has 2 aromatic rings. The molecule has 0 radical (unpaired) electrons. The molecule has 150 valence electrons. The number of nitrogens with zero attached hydrogens (tertiary/aromatic N) is 3. The Labute approximate surface area is 167 Å². The van der Waals surface area contributed by atoms with E-state index in [1.807, 2.05) is 0 Å². The van der Waals surface area contributed by atoms with Crippen molar-refractivity contribution in [2.45, 2.75) is 37.8 Å². The average Bonchev–Trinajstić information content (AvgIpc) is 2.74. The summed E-state index contributed by atoms with van der Waals surface area (Å²) in [6.07, 6.45) is 7.12. The van der Waals surface area contributed by atoms with Gasteiger partial charge in [0, 0.05) is 57.7 Å². The van der Waals surface area contributed by atoms with E-state index in [9.17, 15) is 4.39 Å². The fourth-order valence-corrected chi connectivity index (χ4v) is 4.67. The molecule has 2 saturated heterocycles. The summed E-state index contributed by atoms with van der Waals surface area (Å²) in [5, 5.41) is 0. The number of benzene rings is 1. The third kappa shape index (κ3) is 4.77. The molecule has 0 saturated carbocycles. The minimum Gasteiger partial charge on any atom is -0.381 e. The number of ether oxygens (including phenoxy) is 1. The van der Waals surface area contributed by atoms with Gasteiger partial charge in [-0.15, -0.1) is 0 Å². The minimum absolute atomic E-state index is 0.170. The number of piperazine rings is 1. The van der Waals surface area contributed by atoms with Crippen molar-refractivity contribution in [1.29, 1.82) is 0 Å². The van der Waals surface area contributed by atoms with Crippen molar-refractivity contribution < 1.29 is 9.13 Å². The van der Waals surface area contributed by atoms with Gasteiger partial charge in [0.1, 0.15) is 5.82 Å². The van der Waals surface area contributed by atoms with Crippen LogP contribution in [0.15, 0.2) is 48.8 Å². The third-order valence-electron chi connectivity index (χ3n) is 6.36. The van der Waals surface area contributed by atoms with Crippen LogP contribution in [0.25, 0.3) is 0 Å². The summed E-state index contributed by atoms with van der Waals surface area (Å²) in [5.41, 5.74) is 2.55. The van der Waals surface area contributed by atoms with E-state index < -0.39 is 0 Å². The summed E-state index contributed by atoms with van der Waals surface area (Å²) in [7, 11) is 0. The number of aryl methyl sites for hydroxylation is 1. The lowest BCUT2D eigenvalue weighted by atomic mass is 9.82. The van der Waals surface area contributed by atoms with Gasteiger partial charge in [-0.2, -0.15) is 0 Å². The van der Waals surface area contributed by atoms with E-state index in [0.717, 1.165) is 77.2 Å². The van der Waals surface area contributed by atoms with Crippen LogP contribution in [0.4, 0.5) is 4.39 Å². The highest BCUT2D eigenvalue weighted by molar-refractivity contribution is 5.15. The molecule has 1 aromatic heterocycles. The van der Waals surface area contributed by atoms with Crippen molar-refractivity contribution >= 4 is 0 Å². The van der Waals surface area contributed by atoms with E-state index in [0.29, 0.717) is 0 Å². The summed E-state index contributed by atoms with van der Waals surface area (Å²) < 4.78 is 19.2. The topological polar surface area (TPSA) is 28.6 Å². The predicted molar refractivity (Wildman–Crippen MR) is 109 cm³/mol. The second kappa shape index (κ2) is 9.12. The van der Waals surface area contributed by atoms with E-state index in [1.165, 1.54) is 11.8 Å². The van der Waals surface area contributed by atoms with Gasteiger partial charge in [0.05, 0.1) is 6.20 Å². The monoisotopic (exact) mass is 383 g/mol. The lowest BCUT2D eigenvalue weighted by Crippen LogP contribution is -2.59. The highest BCUT2D eigenvalue weighted by Gasteiger charge is 2.39. The Kier molecular flexibility index (Phi) is 6.35. The van der Waals surface area contributed by atoms with E-state index in [-0.39, 0.29) is 11.4 Å². The maximum absolute atomic E-state index is 13.5. The van der Waals surface area contributed by atoms with Crippen LogP contribution in [0.3, 0.4) is 0 Å². The Morgan fingerprint density at radius 1 is 0.964 bits per heavy atom. The quantitative estimate of drug-likeness (QED) is 0.763. The zero-order valence-corrected chi connectivity index (χ0v) is 16.5. The Hall–Kier alpha value is -1.82. The lowest BCUT2D eigenvalue weighted by Gasteiger charge is -2.50. The summed E-state index contributed by atoms with van der Waals surface area (Å²) in [6, 6.07) is 12.3. The number of hydrogen-bond acceptors (Lipinski definition) is 4. The average molecular weight is 384 g/mol. The Bertz CT molecular complexity index is 741. The van der Waals surface area contributed by atoms with Crippen molar-refractivity contribution in [2.75, 3.05) is 39.4 Å². The third-order valence-corrected chi connectivity index (χ3v) is 6.36. The van der Waals surface area contributed by atoms with Crippen LogP contribution in [0.1, 0.15) is 30.4 Å². The molecule has 4 rings (SSSR count). The fourth-order valence-electron chi connectivity index (χ4n) is 4.67. The van der Waals surface area contributed by atoms with Gasteiger partial charge in [0.25, 0.3) is 0 Å². The van der Waals surface area contributed by atoms with Crippen molar-refractivity contribution in [1.82, 2.24) is 14.8 Å². The fraction of sp³-hybridized carbons (Fsp3) is 0.522. The number of hydrogen-bond donors (Lipinski definition) is 0. The van der Waals surface area contributed by atoms with Crippen LogP contribution in [-0.2, 0) is 17.7 Å². The van der Waals surface area contributed by atoms with Gasteiger partial charge >= 0.3 is 0 Å². The molecule has 0 unspecified atom stereocenters. The number of pyridine rings is 1. The first-order chi connectivity index (χ1) is 13.7. The van der Waals surface area contributed by atoms with Crippen LogP contribution < -0.4 is 0 Å². The SMILES string of the molecule is Fc1cncc(CCC2(N3CCN(Cc4ccccc4)CC3)CCOCC2)c1. The van der Waals surface area contributed by atoms with Gasteiger partial charge < -0.3 is 4.74 Å². The second-order valence-corrected chi connectivity index (χ2v) is 8.10. The molecule has 0 amide bonds. The first kappa shape index (κ1) is 19.5. The molecular formula is C23H30FN3O. The summed E-state index contributed by atoms with van der Waals surface area (Å²) in [4.78, 5) is 9.25. The molecule has 0 aliphatic carbocycles. The van der Waals surface area contributed by atoms with Gasteiger partial charge in [0.2, 0.25) is 0 Å². The van der Waals surface area contributed by atoms with E-state index in [1.54, 1.807) is 12.3 Å². The van der Waals surface area contributed by atoms with Crippen LogP contribution in [0.2, 0.25) is 0 Å².